The van der Waals surface area contributed by atoms with E-state index < -0.39 is 18.4 Å². The van der Waals surface area contributed by atoms with Crippen LogP contribution in [-0.4, -0.2) is 35.2 Å². The third kappa shape index (κ3) is 3.88. The number of rotatable bonds is 7. The van der Waals surface area contributed by atoms with Crippen molar-refractivity contribution in [1.82, 2.24) is 4.98 Å². The van der Waals surface area contributed by atoms with Crippen LogP contribution in [0.15, 0.2) is 41.7 Å². The summed E-state index contributed by atoms with van der Waals surface area (Å²) in [4.78, 5) is 15.6. The van der Waals surface area contributed by atoms with Gasteiger partial charge in [-0.1, -0.05) is 0 Å². The molecule has 0 radical (unpaired) electrons. The number of hydrogen-bond acceptors (Lipinski definition) is 6. The summed E-state index contributed by atoms with van der Waals surface area (Å²) in [5, 5.41) is 9.78. The number of aromatic nitrogens is 1. The summed E-state index contributed by atoms with van der Waals surface area (Å²) in [6.07, 6.45) is 2.76. The third-order valence-electron chi connectivity index (χ3n) is 2.61. The number of esters is 1. The number of halogens is 2. The molecule has 0 aromatic carbocycles. The van der Waals surface area contributed by atoms with Gasteiger partial charge < -0.3 is 19.3 Å². The zero-order valence-electron chi connectivity index (χ0n) is 11.4. The Hall–Kier alpha value is -2.28. The van der Waals surface area contributed by atoms with Gasteiger partial charge in [0.25, 0.3) is 5.76 Å². The zero-order valence-corrected chi connectivity index (χ0v) is 12.2. The highest BCUT2D eigenvalue weighted by Crippen LogP contribution is 2.25. The van der Waals surface area contributed by atoms with Crippen molar-refractivity contribution in [1.29, 1.82) is 0 Å². The van der Waals surface area contributed by atoms with Crippen LogP contribution in [0.25, 0.3) is 0 Å². The molecule has 0 fully saturated rings. The fourth-order valence-corrected chi connectivity index (χ4v) is 1.76. The van der Waals surface area contributed by atoms with Crippen LogP contribution < -0.4 is 4.74 Å². The second-order valence-electron chi connectivity index (χ2n) is 4.10. The molecule has 2 rings (SSSR count). The maximum Gasteiger partial charge on any atom is 0.383 e. The van der Waals surface area contributed by atoms with Gasteiger partial charge in [-0.3, -0.25) is 4.98 Å². The van der Waals surface area contributed by atoms with Gasteiger partial charge in [-0.2, -0.15) is 0 Å². The molecular weight excluding hydrogens is 316 g/mol. The highest BCUT2D eigenvalue weighted by molar-refractivity contribution is 6.19. The van der Waals surface area contributed by atoms with E-state index in [-0.39, 0.29) is 30.6 Å². The molecule has 0 atom stereocenters. The number of ether oxygens (including phenoxy) is 3. The number of cyclic esters (lactones) is 1. The Kier molecular flexibility index (Phi) is 5.60. The van der Waals surface area contributed by atoms with Crippen molar-refractivity contribution in [2.45, 2.75) is 6.61 Å². The molecule has 1 aliphatic rings. The van der Waals surface area contributed by atoms with Gasteiger partial charge in [0.1, 0.15) is 25.6 Å². The first-order valence-electron chi connectivity index (χ1n) is 6.34. The van der Waals surface area contributed by atoms with E-state index in [0.29, 0.717) is 11.4 Å². The van der Waals surface area contributed by atoms with E-state index in [4.69, 9.17) is 25.8 Å². The predicted molar refractivity (Wildman–Crippen MR) is 75.0 cm³/mol. The molecule has 1 aromatic heterocycles. The Morgan fingerprint density at radius 3 is 2.86 bits per heavy atom. The largest absolute Gasteiger partial charge is 0.501 e. The topological polar surface area (TPSA) is 77.9 Å². The fraction of sp³-hybridized carbons (Fsp3) is 0.286. The number of aliphatic hydroxyl groups excluding tert-OH is 1. The lowest BCUT2D eigenvalue weighted by Gasteiger charge is -2.06. The summed E-state index contributed by atoms with van der Waals surface area (Å²) in [5.41, 5.74) is 0.496. The van der Waals surface area contributed by atoms with Crippen molar-refractivity contribution in [2.75, 3.05) is 19.2 Å². The Labute approximate surface area is 130 Å². The Balaban J connectivity index is 1.97. The maximum atomic E-state index is 12.0. The lowest BCUT2D eigenvalue weighted by molar-refractivity contribution is -0.136. The number of pyridine rings is 1. The molecule has 1 aliphatic heterocycles. The van der Waals surface area contributed by atoms with Crippen molar-refractivity contribution in [3.05, 3.63) is 47.4 Å². The summed E-state index contributed by atoms with van der Waals surface area (Å²) < 4.78 is 27.0. The molecule has 0 saturated heterocycles. The molecule has 2 heterocycles. The quantitative estimate of drug-likeness (QED) is 0.611. The fourth-order valence-electron chi connectivity index (χ4n) is 1.62. The lowest BCUT2D eigenvalue weighted by atomic mass is 10.3. The molecule has 6 nitrogen and oxygen atoms in total. The molecule has 0 saturated carbocycles. The van der Waals surface area contributed by atoms with Gasteiger partial charge in [0, 0.05) is 5.88 Å². The van der Waals surface area contributed by atoms with Crippen LogP contribution in [0.2, 0.25) is 0 Å². The van der Waals surface area contributed by atoms with E-state index in [0.717, 1.165) is 0 Å². The van der Waals surface area contributed by atoms with Gasteiger partial charge in [0.15, 0.2) is 5.76 Å². The Morgan fingerprint density at radius 1 is 1.41 bits per heavy atom. The average Bonchev–Trinajstić information content (AvgIpc) is 2.79. The van der Waals surface area contributed by atoms with Crippen molar-refractivity contribution in [3.8, 4) is 5.75 Å². The standard InChI is InChI=1S/C14H13ClFNO5/c15-4-3-11-12(18)13(14(19)22-11)21-8-9-1-2-10(7-17-9)20-6-5-16/h1-3,7,18H,4-6,8H2/b11-3+/i16-1. The molecule has 118 valence electrons. The minimum Gasteiger partial charge on any atom is -0.501 e. The third-order valence-corrected chi connectivity index (χ3v) is 2.76. The van der Waals surface area contributed by atoms with Gasteiger partial charge in [0.05, 0.1) is 11.9 Å². The zero-order chi connectivity index (χ0) is 15.9. The average molecular weight is 329 g/mol. The van der Waals surface area contributed by atoms with Crippen LogP contribution in [0, 0.1) is 0 Å². The van der Waals surface area contributed by atoms with E-state index in [9.17, 15) is 14.3 Å². The number of carbonyl (C=O) groups is 1. The number of aliphatic hydroxyl groups is 1. The maximum absolute atomic E-state index is 12.0. The molecule has 0 bridgehead atoms. The highest BCUT2D eigenvalue weighted by Gasteiger charge is 2.31. The minimum absolute atomic E-state index is 0.0297. The predicted octanol–water partition coefficient (Wildman–Crippen LogP) is 2.40. The second kappa shape index (κ2) is 7.65. The number of carbonyl (C=O) groups excluding carboxylic acids is 1. The Bertz CT molecular complexity index is 600. The molecule has 22 heavy (non-hydrogen) atoms. The SMILES string of the molecule is O=C1O/C(=C/CCl)C(O)=C1OCc1ccc(OCC[18F])cn1. The summed E-state index contributed by atoms with van der Waals surface area (Å²) in [7, 11) is 0. The van der Waals surface area contributed by atoms with E-state index in [1.54, 1.807) is 12.1 Å². The van der Waals surface area contributed by atoms with E-state index in [2.05, 4.69) is 4.98 Å². The van der Waals surface area contributed by atoms with Gasteiger partial charge in [-0.15, -0.1) is 11.6 Å². The van der Waals surface area contributed by atoms with Gasteiger partial charge in [-0.25, -0.2) is 9.18 Å². The molecule has 0 aliphatic carbocycles. The van der Waals surface area contributed by atoms with Crippen LogP contribution in [0.4, 0.5) is 4.39 Å². The minimum atomic E-state index is -0.795. The second-order valence-corrected chi connectivity index (χ2v) is 4.41. The van der Waals surface area contributed by atoms with Crippen molar-refractivity contribution in [3.63, 3.8) is 0 Å². The first-order valence-corrected chi connectivity index (χ1v) is 6.87. The summed E-state index contributed by atoms with van der Waals surface area (Å²) in [6, 6.07) is 3.20. The molecule has 0 spiro atoms. The highest BCUT2D eigenvalue weighted by atomic mass is 35.5. The molecule has 1 N–H and O–H groups in total. The van der Waals surface area contributed by atoms with Crippen LogP contribution in [0.1, 0.15) is 5.69 Å². The summed E-state index contributed by atoms with van der Waals surface area (Å²) >= 11 is 5.48. The number of nitrogens with zero attached hydrogens (tertiary/aromatic N) is 1. The molecule has 0 unspecified atom stereocenters. The van der Waals surface area contributed by atoms with Gasteiger partial charge in [-0.05, 0) is 18.2 Å². The molecule has 1 aromatic rings. The van der Waals surface area contributed by atoms with Crippen LogP contribution in [0.3, 0.4) is 0 Å². The van der Waals surface area contributed by atoms with Gasteiger partial charge >= 0.3 is 5.97 Å². The van der Waals surface area contributed by atoms with Crippen LogP contribution >= 0.6 is 11.6 Å². The molecule has 0 amide bonds. The monoisotopic (exact) mass is 328 g/mol. The number of hydrogen-bond donors (Lipinski definition) is 1. The van der Waals surface area contributed by atoms with Crippen molar-refractivity contribution in [2.24, 2.45) is 0 Å². The smallest absolute Gasteiger partial charge is 0.383 e. The Morgan fingerprint density at radius 2 is 2.23 bits per heavy atom. The van der Waals surface area contributed by atoms with E-state index in [1.165, 1.54) is 12.3 Å². The van der Waals surface area contributed by atoms with E-state index >= 15 is 0 Å². The first-order chi connectivity index (χ1) is 10.7. The summed E-state index contributed by atoms with van der Waals surface area (Å²) in [6.45, 7) is -0.676. The van der Waals surface area contributed by atoms with Crippen molar-refractivity contribution >= 4 is 17.6 Å². The summed E-state index contributed by atoms with van der Waals surface area (Å²) in [5.74, 6) is -1.00. The number of allylic oxidation sites excluding steroid dienone is 1. The van der Waals surface area contributed by atoms with E-state index in [1.807, 2.05) is 0 Å². The van der Waals surface area contributed by atoms with Gasteiger partial charge in [0.2, 0.25) is 5.76 Å². The first kappa shape index (κ1) is 16.1. The van der Waals surface area contributed by atoms with Crippen LogP contribution in [-0.2, 0) is 20.9 Å². The normalized spacial score (nSPS) is 16.1. The molecular formula is C14H13ClFNO5. The van der Waals surface area contributed by atoms with Crippen molar-refractivity contribution < 1.29 is 28.5 Å². The lowest BCUT2D eigenvalue weighted by Crippen LogP contribution is -2.05. The van der Waals surface area contributed by atoms with Crippen LogP contribution in [0.5, 0.6) is 5.75 Å². The molecule has 8 heteroatoms. The number of alkyl halides is 2.